The van der Waals surface area contributed by atoms with Crippen molar-refractivity contribution in [3.05, 3.63) is 106 Å². The highest BCUT2D eigenvalue weighted by atomic mass is 16.6. The smallest absolute Gasteiger partial charge is 0.269 e. The van der Waals surface area contributed by atoms with Crippen LogP contribution in [0.4, 0.5) is 5.69 Å². The summed E-state index contributed by atoms with van der Waals surface area (Å²) in [5.41, 5.74) is 4.33. The van der Waals surface area contributed by atoms with Gasteiger partial charge in [0.25, 0.3) is 11.6 Å². The summed E-state index contributed by atoms with van der Waals surface area (Å²) in [7, 11) is 0. The predicted molar refractivity (Wildman–Crippen MR) is 114 cm³/mol. The molecule has 2 aromatic carbocycles. The molecule has 5 rings (SSSR count). The number of para-hydroxylation sites is 1. The van der Waals surface area contributed by atoms with Crippen molar-refractivity contribution < 1.29 is 9.72 Å². The Hall–Kier alpha value is -4.20. The molecule has 0 unspecified atom stereocenters. The van der Waals surface area contributed by atoms with Crippen LogP contribution in [0.2, 0.25) is 0 Å². The van der Waals surface area contributed by atoms with E-state index in [0.29, 0.717) is 18.7 Å². The fraction of sp³-hybridized carbons (Fsp3) is 0.130. The maximum Gasteiger partial charge on any atom is 0.269 e. The van der Waals surface area contributed by atoms with Crippen LogP contribution >= 0.6 is 0 Å². The molecule has 1 aliphatic heterocycles. The van der Waals surface area contributed by atoms with Gasteiger partial charge in [0, 0.05) is 35.7 Å². The summed E-state index contributed by atoms with van der Waals surface area (Å²) in [5, 5.41) is 15.7. The normalized spacial score (nSPS) is 12.7. The van der Waals surface area contributed by atoms with Gasteiger partial charge < -0.3 is 9.47 Å². The van der Waals surface area contributed by atoms with Crippen molar-refractivity contribution in [2.75, 3.05) is 0 Å². The van der Waals surface area contributed by atoms with Crippen molar-refractivity contribution in [3.63, 3.8) is 0 Å². The Morgan fingerprint density at radius 3 is 2.39 bits per heavy atom. The number of nitrogens with zero attached hydrogens (tertiary/aromatic N) is 5. The molecule has 0 bridgehead atoms. The van der Waals surface area contributed by atoms with Gasteiger partial charge in [0.2, 0.25) is 0 Å². The predicted octanol–water partition coefficient (Wildman–Crippen LogP) is 4.04. The van der Waals surface area contributed by atoms with E-state index in [-0.39, 0.29) is 11.6 Å². The summed E-state index contributed by atoms with van der Waals surface area (Å²) in [6, 6.07) is 17.7. The van der Waals surface area contributed by atoms with E-state index in [1.165, 1.54) is 24.3 Å². The standard InChI is InChI=1S/C23H19N5O3/c1-16-6-2-3-7-21(16)27-22(25-12-4-5-13-25)19-14-26(15-20(19)24-27)23(29)17-8-10-18(11-9-17)28(30)31/h2-13H,14-15H2,1H3. The van der Waals surface area contributed by atoms with Gasteiger partial charge in [0.1, 0.15) is 5.82 Å². The molecule has 0 atom stereocenters. The first-order valence-electron chi connectivity index (χ1n) is 9.87. The van der Waals surface area contributed by atoms with Crippen molar-refractivity contribution >= 4 is 11.6 Å². The van der Waals surface area contributed by atoms with Crippen molar-refractivity contribution in [1.29, 1.82) is 0 Å². The summed E-state index contributed by atoms with van der Waals surface area (Å²) in [6.45, 7) is 2.86. The number of carbonyl (C=O) groups excluding carboxylic acids is 1. The molecule has 4 aromatic rings. The molecular weight excluding hydrogens is 394 g/mol. The molecule has 8 nitrogen and oxygen atoms in total. The molecule has 31 heavy (non-hydrogen) atoms. The van der Waals surface area contributed by atoms with Gasteiger partial charge in [-0.05, 0) is 42.8 Å². The summed E-state index contributed by atoms with van der Waals surface area (Å²) >= 11 is 0. The lowest BCUT2D eigenvalue weighted by molar-refractivity contribution is -0.384. The van der Waals surface area contributed by atoms with Crippen LogP contribution in [0.1, 0.15) is 27.2 Å². The topological polar surface area (TPSA) is 86.2 Å². The van der Waals surface area contributed by atoms with Gasteiger partial charge in [-0.1, -0.05) is 18.2 Å². The fourth-order valence-electron chi connectivity index (χ4n) is 3.96. The van der Waals surface area contributed by atoms with Gasteiger partial charge in [-0.2, -0.15) is 5.10 Å². The largest absolute Gasteiger partial charge is 0.328 e. The van der Waals surface area contributed by atoms with Gasteiger partial charge in [-0.25, -0.2) is 4.68 Å². The molecule has 2 aromatic heterocycles. The number of aromatic nitrogens is 3. The lowest BCUT2D eigenvalue weighted by Gasteiger charge is -2.18. The Morgan fingerprint density at radius 1 is 1.00 bits per heavy atom. The van der Waals surface area contributed by atoms with Crippen molar-refractivity contribution in [2.45, 2.75) is 20.0 Å². The third kappa shape index (κ3) is 3.18. The molecule has 1 amide bonds. The number of carbonyl (C=O) groups is 1. The quantitative estimate of drug-likeness (QED) is 0.373. The molecule has 0 fully saturated rings. The first-order chi connectivity index (χ1) is 15.0. The van der Waals surface area contributed by atoms with E-state index in [4.69, 9.17) is 5.10 Å². The monoisotopic (exact) mass is 413 g/mol. The summed E-state index contributed by atoms with van der Waals surface area (Å²) in [6.07, 6.45) is 3.93. The molecule has 0 spiro atoms. The number of hydrogen-bond acceptors (Lipinski definition) is 4. The molecule has 1 aliphatic rings. The number of amides is 1. The second-order valence-corrected chi connectivity index (χ2v) is 7.50. The Labute approximate surface area is 178 Å². The Morgan fingerprint density at radius 2 is 1.71 bits per heavy atom. The first kappa shape index (κ1) is 18.8. The van der Waals surface area contributed by atoms with E-state index in [1.54, 1.807) is 4.90 Å². The Kier molecular flexibility index (Phi) is 4.39. The third-order valence-corrected chi connectivity index (χ3v) is 5.53. The van der Waals surface area contributed by atoms with E-state index in [9.17, 15) is 14.9 Å². The number of hydrogen-bond donors (Lipinski definition) is 0. The molecular formula is C23H19N5O3. The van der Waals surface area contributed by atoms with E-state index in [0.717, 1.165) is 28.3 Å². The number of fused-ring (bicyclic) bond motifs is 1. The van der Waals surface area contributed by atoms with Gasteiger partial charge in [-0.15, -0.1) is 0 Å². The molecule has 154 valence electrons. The van der Waals surface area contributed by atoms with Crippen LogP contribution in [0.3, 0.4) is 0 Å². The minimum atomic E-state index is -0.475. The maximum absolute atomic E-state index is 13.0. The second kappa shape index (κ2) is 7.24. The minimum Gasteiger partial charge on any atom is -0.328 e. The van der Waals surface area contributed by atoms with E-state index in [2.05, 4.69) is 0 Å². The second-order valence-electron chi connectivity index (χ2n) is 7.50. The maximum atomic E-state index is 13.0. The van der Waals surface area contributed by atoms with Gasteiger partial charge in [0.05, 0.1) is 29.4 Å². The summed E-state index contributed by atoms with van der Waals surface area (Å²) < 4.78 is 3.95. The highest BCUT2D eigenvalue weighted by molar-refractivity contribution is 5.94. The zero-order valence-corrected chi connectivity index (χ0v) is 16.8. The van der Waals surface area contributed by atoms with E-state index >= 15 is 0 Å². The first-order valence-corrected chi connectivity index (χ1v) is 9.87. The van der Waals surface area contributed by atoms with Gasteiger partial charge in [0.15, 0.2) is 0 Å². The third-order valence-electron chi connectivity index (χ3n) is 5.53. The number of nitro benzene ring substituents is 1. The minimum absolute atomic E-state index is 0.0364. The lowest BCUT2D eigenvalue weighted by atomic mass is 10.2. The van der Waals surface area contributed by atoms with Crippen LogP contribution in [0.5, 0.6) is 0 Å². The molecule has 0 radical (unpaired) electrons. The number of non-ortho nitro benzene ring substituents is 1. The van der Waals surface area contributed by atoms with Crippen molar-refractivity contribution in [1.82, 2.24) is 19.2 Å². The zero-order valence-electron chi connectivity index (χ0n) is 16.8. The average Bonchev–Trinajstić information content (AvgIpc) is 3.49. The fourth-order valence-corrected chi connectivity index (χ4v) is 3.96. The van der Waals surface area contributed by atoms with Crippen LogP contribution in [-0.4, -0.2) is 30.1 Å². The van der Waals surface area contributed by atoms with Crippen LogP contribution in [0.15, 0.2) is 73.1 Å². The summed E-state index contributed by atoms with van der Waals surface area (Å²) in [5.74, 6) is 0.738. The van der Waals surface area contributed by atoms with Crippen LogP contribution in [-0.2, 0) is 13.1 Å². The number of aryl methyl sites for hydroxylation is 1. The highest BCUT2D eigenvalue weighted by Crippen LogP contribution is 2.32. The van der Waals surface area contributed by atoms with Crippen molar-refractivity contribution in [3.8, 4) is 11.5 Å². The number of benzene rings is 2. The number of nitro groups is 1. The summed E-state index contributed by atoms with van der Waals surface area (Å²) in [4.78, 5) is 25.1. The lowest BCUT2D eigenvalue weighted by Crippen LogP contribution is -2.26. The SMILES string of the molecule is Cc1ccccc1-n1nc2c(c1-n1cccc1)CN(C(=O)c1ccc([N+](=O)[O-])cc1)C2. The Balaban J connectivity index is 1.51. The molecule has 3 heterocycles. The molecule has 0 saturated heterocycles. The Bertz CT molecular complexity index is 1290. The van der Waals surface area contributed by atoms with E-state index in [1.807, 2.05) is 65.0 Å². The molecule has 0 N–H and O–H groups in total. The molecule has 0 aliphatic carbocycles. The van der Waals surface area contributed by atoms with Gasteiger partial charge in [-0.3, -0.25) is 14.9 Å². The van der Waals surface area contributed by atoms with Gasteiger partial charge >= 0.3 is 0 Å². The highest BCUT2D eigenvalue weighted by Gasteiger charge is 2.32. The van der Waals surface area contributed by atoms with Crippen LogP contribution in [0.25, 0.3) is 11.5 Å². The average molecular weight is 413 g/mol. The molecule has 8 heteroatoms. The van der Waals surface area contributed by atoms with Crippen LogP contribution < -0.4 is 0 Å². The van der Waals surface area contributed by atoms with Crippen LogP contribution in [0, 0.1) is 17.0 Å². The zero-order chi connectivity index (χ0) is 21.5. The van der Waals surface area contributed by atoms with Crippen molar-refractivity contribution in [2.24, 2.45) is 0 Å². The number of rotatable bonds is 4. The molecule has 0 saturated carbocycles. The van der Waals surface area contributed by atoms with E-state index < -0.39 is 4.92 Å².